The molecule has 2 N–H and O–H groups in total. The van der Waals surface area contributed by atoms with Crippen LogP contribution in [0.25, 0.3) is 0 Å². The van der Waals surface area contributed by atoms with Crippen molar-refractivity contribution in [2.24, 2.45) is 12.0 Å². The molecular formula is C17H21ClFN5. The van der Waals surface area contributed by atoms with Crippen LogP contribution in [-0.4, -0.2) is 28.3 Å². The van der Waals surface area contributed by atoms with Crippen LogP contribution in [-0.2, 0) is 13.6 Å². The van der Waals surface area contributed by atoms with E-state index in [1.54, 1.807) is 23.0 Å². The third kappa shape index (κ3) is 3.70. The maximum Gasteiger partial charge on any atom is 0.191 e. The van der Waals surface area contributed by atoms with Crippen molar-refractivity contribution < 1.29 is 4.39 Å². The van der Waals surface area contributed by atoms with Crippen LogP contribution in [0.1, 0.15) is 30.5 Å². The number of aromatic nitrogens is 2. The predicted molar refractivity (Wildman–Crippen MR) is 93.7 cm³/mol. The molecule has 0 aliphatic heterocycles. The number of hydrogen-bond donors (Lipinski definition) is 2. The van der Waals surface area contributed by atoms with E-state index in [0.717, 1.165) is 24.6 Å². The molecule has 0 spiro atoms. The van der Waals surface area contributed by atoms with Gasteiger partial charge in [0, 0.05) is 42.3 Å². The van der Waals surface area contributed by atoms with Gasteiger partial charge in [-0.15, -0.1) is 0 Å². The molecule has 2 atom stereocenters. The minimum atomic E-state index is -0.242. The van der Waals surface area contributed by atoms with Gasteiger partial charge in [-0.2, -0.15) is 5.10 Å². The summed E-state index contributed by atoms with van der Waals surface area (Å²) in [6.45, 7) is 3.30. The molecule has 0 saturated heterocycles. The van der Waals surface area contributed by atoms with Gasteiger partial charge in [0.1, 0.15) is 5.82 Å². The Kier molecular flexibility index (Phi) is 5.04. The molecule has 1 heterocycles. The van der Waals surface area contributed by atoms with Crippen molar-refractivity contribution in [3.63, 3.8) is 0 Å². The van der Waals surface area contributed by atoms with Gasteiger partial charge in [-0.1, -0.05) is 17.7 Å². The summed E-state index contributed by atoms with van der Waals surface area (Å²) in [5, 5.41) is 11.2. The maximum atomic E-state index is 14.0. The van der Waals surface area contributed by atoms with E-state index in [0.29, 0.717) is 17.1 Å². The molecule has 1 aromatic carbocycles. The van der Waals surface area contributed by atoms with Crippen molar-refractivity contribution in [3.8, 4) is 0 Å². The Morgan fingerprint density at radius 2 is 2.29 bits per heavy atom. The lowest BCUT2D eigenvalue weighted by molar-refractivity contribution is 0.608. The molecule has 1 saturated carbocycles. The topological polar surface area (TPSA) is 54.2 Å². The largest absolute Gasteiger partial charge is 0.357 e. The summed E-state index contributed by atoms with van der Waals surface area (Å²) in [6, 6.07) is 6.90. The van der Waals surface area contributed by atoms with Gasteiger partial charge in [-0.05, 0) is 31.5 Å². The fourth-order valence-corrected chi connectivity index (χ4v) is 3.05. The molecular weight excluding hydrogens is 329 g/mol. The van der Waals surface area contributed by atoms with Crippen molar-refractivity contribution >= 4 is 17.6 Å². The Hall–Kier alpha value is -2.08. The van der Waals surface area contributed by atoms with E-state index in [1.165, 1.54) is 6.07 Å². The third-order valence-corrected chi connectivity index (χ3v) is 4.48. The van der Waals surface area contributed by atoms with Gasteiger partial charge in [0.25, 0.3) is 0 Å². The fraction of sp³-hybridized carbons (Fsp3) is 0.412. The number of benzene rings is 1. The van der Waals surface area contributed by atoms with Gasteiger partial charge < -0.3 is 10.6 Å². The number of aliphatic imine (C=N–C) groups is 1. The molecule has 0 bridgehead atoms. The second-order valence-corrected chi connectivity index (χ2v) is 6.28. The van der Waals surface area contributed by atoms with E-state index >= 15 is 0 Å². The van der Waals surface area contributed by atoms with Crippen molar-refractivity contribution in [2.75, 3.05) is 6.54 Å². The van der Waals surface area contributed by atoms with Crippen LogP contribution >= 0.6 is 11.6 Å². The molecule has 0 radical (unpaired) electrons. The van der Waals surface area contributed by atoms with Crippen LogP contribution in [0.3, 0.4) is 0 Å². The Balaban J connectivity index is 1.66. The smallest absolute Gasteiger partial charge is 0.191 e. The molecule has 1 fully saturated rings. The van der Waals surface area contributed by atoms with E-state index in [2.05, 4.69) is 20.7 Å². The first-order valence-corrected chi connectivity index (χ1v) is 8.43. The molecule has 2 aromatic rings. The van der Waals surface area contributed by atoms with Crippen LogP contribution in [0.5, 0.6) is 0 Å². The number of halogens is 2. The molecule has 7 heteroatoms. The first kappa shape index (κ1) is 16.8. The first-order valence-electron chi connectivity index (χ1n) is 8.05. The standard InChI is InChI=1S/C17H21ClFN5/c1-3-20-17(21-10-11-7-8-22-24(11)2)23-15-9-12(15)16-13(18)5-4-6-14(16)19/h4-8,12,15H,3,9-10H2,1-2H3,(H2,20,21,23). The van der Waals surface area contributed by atoms with Gasteiger partial charge >= 0.3 is 0 Å². The number of guanidine groups is 1. The second-order valence-electron chi connectivity index (χ2n) is 5.87. The van der Waals surface area contributed by atoms with Crippen LogP contribution < -0.4 is 10.6 Å². The van der Waals surface area contributed by atoms with Crippen molar-refractivity contribution in [2.45, 2.75) is 31.8 Å². The van der Waals surface area contributed by atoms with Crippen molar-refractivity contribution in [1.82, 2.24) is 20.4 Å². The number of hydrogen-bond acceptors (Lipinski definition) is 2. The SMILES string of the molecule is CCNC(=NCc1ccnn1C)NC1CC1c1c(F)cccc1Cl. The van der Waals surface area contributed by atoms with Gasteiger partial charge in [-0.25, -0.2) is 9.38 Å². The number of rotatable bonds is 5. The Labute approximate surface area is 145 Å². The van der Waals surface area contributed by atoms with Crippen LogP contribution in [0.4, 0.5) is 4.39 Å². The summed E-state index contributed by atoms with van der Waals surface area (Å²) in [4.78, 5) is 4.58. The molecule has 128 valence electrons. The summed E-state index contributed by atoms with van der Waals surface area (Å²) >= 11 is 6.15. The van der Waals surface area contributed by atoms with Gasteiger partial charge in [0.05, 0.1) is 12.2 Å². The zero-order valence-electron chi connectivity index (χ0n) is 13.8. The molecule has 2 unspecified atom stereocenters. The van der Waals surface area contributed by atoms with Crippen LogP contribution in [0, 0.1) is 5.82 Å². The third-order valence-electron chi connectivity index (χ3n) is 4.15. The van der Waals surface area contributed by atoms with Crippen molar-refractivity contribution in [1.29, 1.82) is 0 Å². The fourth-order valence-electron chi connectivity index (χ4n) is 2.75. The molecule has 24 heavy (non-hydrogen) atoms. The highest BCUT2D eigenvalue weighted by atomic mass is 35.5. The molecule has 5 nitrogen and oxygen atoms in total. The highest BCUT2D eigenvalue weighted by Gasteiger charge is 2.41. The van der Waals surface area contributed by atoms with Gasteiger partial charge in [0.15, 0.2) is 5.96 Å². The minimum Gasteiger partial charge on any atom is -0.357 e. The summed E-state index contributed by atoms with van der Waals surface area (Å²) in [6.07, 6.45) is 2.60. The molecule has 1 aromatic heterocycles. The Morgan fingerprint density at radius 1 is 1.46 bits per heavy atom. The second kappa shape index (κ2) is 7.21. The lowest BCUT2D eigenvalue weighted by atomic mass is 10.1. The van der Waals surface area contributed by atoms with Crippen LogP contribution in [0.2, 0.25) is 5.02 Å². The van der Waals surface area contributed by atoms with E-state index in [9.17, 15) is 4.39 Å². The average Bonchev–Trinajstić information content (AvgIpc) is 3.16. The zero-order valence-corrected chi connectivity index (χ0v) is 14.5. The summed E-state index contributed by atoms with van der Waals surface area (Å²) in [5.41, 5.74) is 1.62. The van der Waals surface area contributed by atoms with E-state index in [4.69, 9.17) is 11.6 Å². The first-order chi connectivity index (χ1) is 11.6. The lowest BCUT2D eigenvalue weighted by Crippen LogP contribution is -2.39. The lowest BCUT2D eigenvalue weighted by Gasteiger charge is -2.12. The molecule has 1 aliphatic carbocycles. The highest BCUT2D eigenvalue weighted by Crippen LogP contribution is 2.44. The Morgan fingerprint density at radius 3 is 2.96 bits per heavy atom. The highest BCUT2D eigenvalue weighted by molar-refractivity contribution is 6.31. The van der Waals surface area contributed by atoms with Crippen LogP contribution in [0.15, 0.2) is 35.5 Å². The number of nitrogens with one attached hydrogen (secondary N) is 2. The average molecular weight is 350 g/mol. The maximum absolute atomic E-state index is 14.0. The molecule has 1 aliphatic rings. The predicted octanol–water partition coefficient (Wildman–Crippen LogP) is 2.82. The monoisotopic (exact) mass is 349 g/mol. The number of aryl methyl sites for hydroxylation is 1. The molecule has 0 amide bonds. The number of nitrogens with zero attached hydrogens (tertiary/aromatic N) is 3. The quantitative estimate of drug-likeness (QED) is 0.644. The van der Waals surface area contributed by atoms with Gasteiger partial charge in [-0.3, -0.25) is 4.68 Å². The van der Waals surface area contributed by atoms with E-state index < -0.39 is 0 Å². The van der Waals surface area contributed by atoms with Gasteiger partial charge in [0.2, 0.25) is 0 Å². The van der Waals surface area contributed by atoms with Crippen molar-refractivity contribution in [3.05, 3.63) is 52.6 Å². The summed E-state index contributed by atoms with van der Waals surface area (Å²) < 4.78 is 15.8. The Bertz CT molecular complexity index is 722. The van der Waals surface area contributed by atoms with E-state index in [-0.39, 0.29) is 17.8 Å². The summed E-state index contributed by atoms with van der Waals surface area (Å²) in [5.74, 6) is 0.562. The zero-order chi connectivity index (χ0) is 17.1. The van der Waals surface area contributed by atoms with E-state index in [1.807, 2.05) is 20.0 Å². The normalized spacial score (nSPS) is 20.1. The minimum absolute atomic E-state index is 0.0826. The summed E-state index contributed by atoms with van der Waals surface area (Å²) in [7, 11) is 1.89. The molecule has 3 rings (SSSR count).